The van der Waals surface area contributed by atoms with Crippen molar-refractivity contribution in [2.45, 2.75) is 26.8 Å². The van der Waals surface area contributed by atoms with E-state index in [1.807, 2.05) is 13.8 Å². The molecule has 0 saturated carbocycles. The maximum Gasteiger partial charge on any atom is 0.328 e. The molecule has 6 heteroatoms. The van der Waals surface area contributed by atoms with Gasteiger partial charge >= 0.3 is 5.97 Å². The Balaban J connectivity index is 2.11. The third kappa shape index (κ3) is 2.84. The molecule has 6 nitrogen and oxygen atoms in total. The Morgan fingerprint density at radius 1 is 1.45 bits per heavy atom. The molecule has 2 heterocycles. The molecule has 2 aromatic heterocycles. The summed E-state index contributed by atoms with van der Waals surface area (Å²) in [6.07, 6.45) is 1.54. The van der Waals surface area contributed by atoms with E-state index in [0.29, 0.717) is 11.3 Å². The van der Waals surface area contributed by atoms with Crippen LogP contribution in [-0.2, 0) is 9.53 Å². The molecule has 0 spiro atoms. The fraction of sp³-hybridized carbons (Fsp3) is 0.429. The predicted octanol–water partition coefficient (Wildman–Crippen LogP) is 2.08. The first-order valence-corrected chi connectivity index (χ1v) is 6.56. The molecule has 0 aromatic carbocycles. The van der Waals surface area contributed by atoms with Gasteiger partial charge in [0.1, 0.15) is 11.7 Å². The third-order valence-electron chi connectivity index (χ3n) is 2.98. The van der Waals surface area contributed by atoms with Gasteiger partial charge in [-0.2, -0.15) is 0 Å². The summed E-state index contributed by atoms with van der Waals surface area (Å²) in [5.41, 5.74) is 1.70. The SMILES string of the molecule is CCOC(=O)C(NC(=O)c1cc2occc2[nH]1)C(C)C. The van der Waals surface area contributed by atoms with Crippen molar-refractivity contribution in [3.05, 3.63) is 24.1 Å². The van der Waals surface area contributed by atoms with Crippen LogP contribution in [0.1, 0.15) is 31.3 Å². The van der Waals surface area contributed by atoms with Crippen LogP contribution in [0.3, 0.4) is 0 Å². The molecular formula is C14H18N2O4. The summed E-state index contributed by atoms with van der Waals surface area (Å²) in [5, 5.41) is 2.68. The number of carbonyl (C=O) groups excluding carboxylic acids is 2. The summed E-state index contributed by atoms with van der Waals surface area (Å²) in [7, 11) is 0. The Kier molecular flexibility index (Phi) is 4.12. The number of rotatable bonds is 5. The molecule has 1 atom stereocenters. The molecule has 0 aliphatic heterocycles. The number of hydrogen-bond donors (Lipinski definition) is 2. The van der Waals surface area contributed by atoms with Crippen LogP contribution in [0.25, 0.3) is 11.1 Å². The fourth-order valence-electron chi connectivity index (χ4n) is 1.92. The summed E-state index contributed by atoms with van der Waals surface area (Å²) < 4.78 is 10.1. The van der Waals surface area contributed by atoms with Crippen molar-refractivity contribution in [1.29, 1.82) is 0 Å². The minimum absolute atomic E-state index is 0.0593. The van der Waals surface area contributed by atoms with Crippen molar-refractivity contribution >= 4 is 23.0 Å². The number of H-pyrrole nitrogens is 1. The van der Waals surface area contributed by atoms with Gasteiger partial charge in [0.2, 0.25) is 0 Å². The fourth-order valence-corrected chi connectivity index (χ4v) is 1.92. The lowest BCUT2D eigenvalue weighted by atomic mass is 10.0. The van der Waals surface area contributed by atoms with E-state index in [0.717, 1.165) is 5.52 Å². The first kappa shape index (κ1) is 14.2. The Bertz CT molecular complexity index is 583. The molecule has 2 aromatic rings. The third-order valence-corrected chi connectivity index (χ3v) is 2.98. The highest BCUT2D eigenvalue weighted by molar-refractivity contribution is 5.98. The number of aromatic nitrogens is 1. The van der Waals surface area contributed by atoms with Crippen LogP contribution in [-0.4, -0.2) is 29.5 Å². The summed E-state index contributed by atoms with van der Waals surface area (Å²) in [5.74, 6) is -0.842. The Morgan fingerprint density at radius 3 is 2.80 bits per heavy atom. The minimum atomic E-state index is -0.669. The molecule has 2 rings (SSSR count). The maximum absolute atomic E-state index is 12.1. The van der Waals surface area contributed by atoms with Gasteiger partial charge in [-0.3, -0.25) is 4.79 Å². The number of hydrogen-bond acceptors (Lipinski definition) is 4. The monoisotopic (exact) mass is 278 g/mol. The average Bonchev–Trinajstić information content (AvgIpc) is 2.95. The second-order valence-corrected chi connectivity index (χ2v) is 4.83. The lowest BCUT2D eigenvalue weighted by Gasteiger charge is -2.20. The van der Waals surface area contributed by atoms with Gasteiger partial charge in [0.05, 0.1) is 18.4 Å². The first-order chi connectivity index (χ1) is 9.52. The maximum atomic E-state index is 12.1. The largest absolute Gasteiger partial charge is 0.464 e. The number of ether oxygens (including phenoxy) is 1. The van der Waals surface area contributed by atoms with E-state index in [1.165, 1.54) is 0 Å². The van der Waals surface area contributed by atoms with Crippen LogP contribution in [0.2, 0.25) is 0 Å². The molecule has 20 heavy (non-hydrogen) atoms. The number of esters is 1. The number of nitrogens with one attached hydrogen (secondary N) is 2. The Morgan fingerprint density at radius 2 is 2.20 bits per heavy atom. The molecular weight excluding hydrogens is 260 g/mol. The van der Waals surface area contributed by atoms with E-state index in [9.17, 15) is 9.59 Å². The van der Waals surface area contributed by atoms with Gasteiger partial charge in [-0.05, 0) is 12.8 Å². The van der Waals surface area contributed by atoms with Gasteiger partial charge < -0.3 is 19.5 Å². The average molecular weight is 278 g/mol. The zero-order chi connectivity index (χ0) is 14.7. The summed E-state index contributed by atoms with van der Waals surface area (Å²) >= 11 is 0. The van der Waals surface area contributed by atoms with Crippen LogP contribution in [0.5, 0.6) is 0 Å². The standard InChI is InChI=1S/C14H18N2O4/c1-4-19-14(18)12(8(2)3)16-13(17)10-7-11-9(15-10)5-6-20-11/h5-8,12,15H,4H2,1-3H3,(H,16,17). The summed E-state index contributed by atoms with van der Waals surface area (Å²) in [4.78, 5) is 26.9. The smallest absolute Gasteiger partial charge is 0.328 e. The van der Waals surface area contributed by atoms with Crippen LogP contribution in [0, 0.1) is 5.92 Å². The zero-order valence-electron chi connectivity index (χ0n) is 11.7. The molecule has 108 valence electrons. The zero-order valence-corrected chi connectivity index (χ0v) is 11.7. The van der Waals surface area contributed by atoms with E-state index in [1.54, 1.807) is 25.3 Å². The molecule has 2 N–H and O–H groups in total. The molecule has 0 bridgehead atoms. The normalized spacial score (nSPS) is 12.6. The highest BCUT2D eigenvalue weighted by atomic mass is 16.5. The molecule has 0 aliphatic carbocycles. The van der Waals surface area contributed by atoms with Crippen molar-refractivity contribution in [2.24, 2.45) is 5.92 Å². The number of carbonyl (C=O) groups is 2. The van der Waals surface area contributed by atoms with E-state index >= 15 is 0 Å². The lowest BCUT2D eigenvalue weighted by molar-refractivity contribution is -0.146. The van der Waals surface area contributed by atoms with E-state index < -0.39 is 12.0 Å². The van der Waals surface area contributed by atoms with Gasteiger partial charge in [-0.1, -0.05) is 13.8 Å². The first-order valence-electron chi connectivity index (χ1n) is 6.56. The molecule has 0 fully saturated rings. The van der Waals surface area contributed by atoms with Crippen molar-refractivity contribution in [1.82, 2.24) is 10.3 Å². The van der Waals surface area contributed by atoms with Crippen molar-refractivity contribution in [2.75, 3.05) is 6.61 Å². The molecule has 1 amide bonds. The quantitative estimate of drug-likeness (QED) is 0.820. The van der Waals surface area contributed by atoms with Gasteiger partial charge in [-0.25, -0.2) is 4.79 Å². The summed E-state index contributed by atoms with van der Waals surface area (Å²) in [6, 6.07) is 2.67. The number of fused-ring (bicyclic) bond motifs is 1. The number of furan rings is 1. The second-order valence-electron chi connectivity index (χ2n) is 4.83. The van der Waals surface area contributed by atoms with E-state index in [-0.39, 0.29) is 18.4 Å². The van der Waals surface area contributed by atoms with Crippen LogP contribution < -0.4 is 5.32 Å². The summed E-state index contributed by atoms with van der Waals surface area (Å²) in [6.45, 7) is 5.72. The Hall–Kier alpha value is -2.24. The number of amides is 1. The van der Waals surface area contributed by atoms with E-state index in [2.05, 4.69) is 10.3 Å². The molecule has 0 saturated heterocycles. The van der Waals surface area contributed by atoms with Crippen LogP contribution >= 0.6 is 0 Å². The van der Waals surface area contributed by atoms with Gasteiger partial charge in [0.15, 0.2) is 5.58 Å². The molecule has 0 aliphatic rings. The highest BCUT2D eigenvalue weighted by Gasteiger charge is 2.26. The lowest BCUT2D eigenvalue weighted by Crippen LogP contribution is -2.45. The van der Waals surface area contributed by atoms with Gasteiger partial charge in [0, 0.05) is 12.1 Å². The van der Waals surface area contributed by atoms with Gasteiger partial charge in [0.25, 0.3) is 5.91 Å². The molecule has 1 unspecified atom stereocenters. The Labute approximate surface area is 116 Å². The van der Waals surface area contributed by atoms with Crippen LogP contribution in [0.4, 0.5) is 0 Å². The topological polar surface area (TPSA) is 84.3 Å². The minimum Gasteiger partial charge on any atom is -0.464 e. The van der Waals surface area contributed by atoms with Crippen molar-refractivity contribution < 1.29 is 18.7 Å². The highest BCUT2D eigenvalue weighted by Crippen LogP contribution is 2.16. The van der Waals surface area contributed by atoms with Crippen molar-refractivity contribution in [3.63, 3.8) is 0 Å². The molecule has 0 radical (unpaired) electrons. The second kappa shape index (κ2) is 5.81. The van der Waals surface area contributed by atoms with Crippen LogP contribution in [0.15, 0.2) is 22.8 Å². The predicted molar refractivity (Wildman–Crippen MR) is 73.3 cm³/mol. The van der Waals surface area contributed by atoms with E-state index in [4.69, 9.17) is 9.15 Å². The van der Waals surface area contributed by atoms with Gasteiger partial charge in [-0.15, -0.1) is 0 Å². The number of aromatic amines is 1. The van der Waals surface area contributed by atoms with Crippen molar-refractivity contribution in [3.8, 4) is 0 Å².